The van der Waals surface area contributed by atoms with Crippen molar-refractivity contribution in [2.45, 2.75) is 42.5 Å². The third kappa shape index (κ3) is 4.96. The van der Waals surface area contributed by atoms with Crippen LogP contribution in [0.3, 0.4) is 0 Å². The van der Waals surface area contributed by atoms with E-state index in [-0.39, 0.29) is 41.5 Å². The molecular weight excluding hydrogens is 455 g/mol. The van der Waals surface area contributed by atoms with Crippen LogP contribution >= 0.6 is 11.8 Å². The van der Waals surface area contributed by atoms with Gasteiger partial charge in [-0.25, -0.2) is 9.59 Å². The Morgan fingerprint density at radius 3 is 2.39 bits per heavy atom. The number of carboxylic acid groups (broad SMARTS) is 1. The molecule has 2 fully saturated rings. The summed E-state index contributed by atoms with van der Waals surface area (Å²) in [5, 5.41) is 11.8. The fraction of sp³-hybridized carbons (Fsp3) is 0.304. The van der Waals surface area contributed by atoms with E-state index in [2.05, 4.69) is 5.32 Å². The number of benzene rings is 2. The standard InChI is InChI=1S/C23H22N2O6S.Na.H/c1-23(2)18(21(28)29)25-19(27)17(20(25)32-23)24-16(26)12-13-8-6-7-11-15(13)22(30)31-14-9-4-3-5-10-14;;/h3-11,17-18,20H,12H2,1-2H3,(H,24,26)(H,28,29);;/t17?,18?,20-;;/m1../s1. The Morgan fingerprint density at radius 2 is 1.73 bits per heavy atom. The van der Waals surface area contributed by atoms with Crippen molar-refractivity contribution in [3.8, 4) is 5.75 Å². The molecule has 2 unspecified atom stereocenters. The van der Waals surface area contributed by atoms with E-state index in [0.29, 0.717) is 11.3 Å². The van der Waals surface area contributed by atoms with Gasteiger partial charge in [-0.05, 0) is 37.6 Å². The summed E-state index contributed by atoms with van der Waals surface area (Å²) in [6, 6.07) is 13.5. The molecule has 2 heterocycles. The molecule has 2 N–H and O–H groups in total. The summed E-state index contributed by atoms with van der Waals surface area (Å²) >= 11 is 1.36. The first-order valence-electron chi connectivity index (χ1n) is 10.1. The zero-order valence-corrected chi connectivity index (χ0v) is 18.3. The van der Waals surface area contributed by atoms with Gasteiger partial charge in [0, 0.05) is 4.75 Å². The van der Waals surface area contributed by atoms with Crippen LogP contribution in [-0.4, -0.2) is 85.5 Å². The number of aliphatic carboxylic acids is 1. The predicted molar refractivity (Wildman–Crippen MR) is 124 cm³/mol. The van der Waals surface area contributed by atoms with Gasteiger partial charge in [-0.3, -0.25) is 9.59 Å². The van der Waals surface area contributed by atoms with Gasteiger partial charge in [0.15, 0.2) is 0 Å². The second kappa shape index (κ2) is 9.89. The molecule has 0 bridgehead atoms. The van der Waals surface area contributed by atoms with Crippen molar-refractivity contribution >= 4 is 65.1 Å². The van der Waals surface area contributed by atoms with Crippen LogP contribution in [0, 0.1) is 0 Å². The summed E-state index contributed by atoms with van der Waals surface area (Å²) in [5.74, 6) is -2.09. The number of carbonyl (C=O) groups excluding carboxylic acids is 3. The summed E-state index contributed by atoms with van der Waals surface area (Å²) in [5.41, 5.74) is 0.729. The molecule has 10 heteroatoms. The van der Waals surface area contributed by atoms with E-state index >= 15 is 0 Å². The molecule has 2 aliphatic heterocycles. The van der Waals surface area contributed by atoms with E-state index < -0.39 is 46.0 Å². The van der Waals surface area contributed by atoms with Crippen molar-refractivity contribution < 1.29 is 29.0 Å². The van der Waals surface area contributed by atoms with Crippen molar-refractivity contribution in [2.75, 3.05) is 0 Å². The van der Waals surface area contributed by atoms with E-state index in [1.165, 1.54) is 16.7 Å². The van der Waals surface area contributed by atoms with E-state index in [0.717, 1.165) is 0 Å². The van der Waals surface area contributed by atoms with Crippen LogP contribution in [0.1, 0.15) is 29.8 Å². The number of ether oxygens (including phenoxy) is 1. The molecule has 0 aliphatic carbocycles. The number of carbonyl (C=O) groups is 4. The monoisotopic (exact) mass is 478 g/mol. The summed E-state index contributed by atoms with van der Waals surface area (Å²) in [7, 11) is 0. The van der Waals surface area contributed by atoms with Gasteiger partial charge in [0.05, 0.1) is 12.0 Å². The molecule has 2 aromatic carbocycles. The number of fused-ring (bicyclic) bond motifs is 1. The third-order valence-electron chi connectivity index (χ3n) is 5.53. The second-order valence-corrected chi connectivity index (χ2v) is 9.95. The maximum absolute atomic E-state index is 12.7. The van der Waals surface area contributed by atoms with Gasteiger partial charge in [0.1, 0.15) is 23.2 Å². The van der Waals surface area contributed by atoms with E-state index in [1.54, 1.807) is 68.4 Å². The number of β-lactam (4-membered cyclic amide) rings is 1. The van der Waals surface area contributed by atoms with Crippen molar-refractivity contribution in [1.29, 1.82) is 0 Å². The molecule has 0 radical (unpaired) electrons. The van der Waals surface area contributed by atoms with Gasteiger partial charge in [-0.15, -0.1) is 11.8 Å². The average Bonchev–Trinajstić information content (AvgIpc) is 3.01. The Hall–Kier alpha value is -2.33. The number of thioether (sulfide) groups is 1. The average molecular weight is 479 g/mol. The molecule has 3 atom stereocenters. The Bertz CT molecular complexity index is 1090. The van der Waals surface area contributed by atoms with Crippen LogP contribution < -0.4 is 10.1 Å². The maximum atomic E-state index is 12.7. The first-order chi connectivity index (χ1) is 15.2. The molecular formula is C23H23N2NaO6S. The van der Waals surface area contributed by atoms with E-state index in [1.807, 2.05) is 0 Å². The Morgan fingerprint density at radius 1 is 1.09 bits per heavy atom. The third-order valence-corrected chi connectivity index (χ3v) is 7.10. The topological polar surface area (TPSA) is 113 Å². The number of amides is 2. The molecule has 2 aromatic rings. The first-order valence-corrected chi connectivity index (χ1v) is 10.9. The number of nitrogens with one attached hydrogen (secondary N) is 1. The van der Waals surface area contributed by atoms with Crippen LogP contribution in [0.4, 0.5) is 0 Å². The molecule has 168 valence electrons. The van der Waals surface area contributed by atoms with Gasteiger partial charge >= 0.3 is 41.5 Å². The molecule has 0 spiro atoms. The van der Waals surface area contributed by atoms with Crippen LogP contribution in [0.25, 0.3) is 0 Å². The van der Waals surface area contributed by atoms with Crippen molar-refractivity contribution in [3.63, 3.8) is 0 Å². The van der Waals surface area contributed by atoms with Gasteiger partial charge in [0.25, 0.3) is 0 Å². The van der Waals surface area contributed by atoms with Gasteiger partial charge in [0.2, 0.25) is 11.8 Å². The number of rotatable bonds is 6. The van der Waals surface area contributed by atoms with Crippen molar-refractivity contribution in [1.82, 2.24) is 10.2 Å². The zero-order chi connectivity index (χ0) is 23.0. The number of nitrogens with zero attached hydrogens (tertiary/aromatic N) is 1. The normalized spacial score (nSPS) is 22.4. The first kappa shape index (κ1) is 25.3. The van der Waals surface area contributed by atoms with Gasteiger partial charge in [-0.2, -0.15) is 0 Å². The molecule has 0 aromatic heterocycles. The number of esters is 1. The number of hydrogen-bond donors (Lipinski definition) is 2. The minimum absolute atomic E-state index is 0. The molecule has 2 saturated heterocycles. The number of carboxylic acids is 1. The quantitative estimate of drug-likeness (QED) is 0.280. The summed E-state index contributed by atoms with van der Waals surface area (Å²) < 4.78 is 4.71. The van der Waals surface area contributed by atoms with E-state index in [9.17, 15) is 24.3 Å². The Kier molecular flexibility index (Phi) is 7.58. The molecule has 4 rings (SSSR count). The van der Waals surface area contributed by atoms with Crippen molar-refractivity contribution in [2.24, 2.45) is 0 Å². The molecule has 0 saturated carbocycles. The summed E-state index contributed by atoms with van der Waals surface area (Å²) in [6.45, 7) is 3.55. The van der Waals surface area contributed by atoms with Gasteiger partial charge < -0.3 is 20.1 Å². The minimum atomic E-state index is -1.06. The number of hydrogen-bond acceptors (Lipinski definition) is 6. The molecule has 33 heavy (non-hydrogen) atoms. The van der Waals surface area contributed by atoms with Crippen LogP contribution in [-0.2, 0) is 20.8 Å². The van der Waals surface area contributed by atoms with Crippen LogP contribution in [0.15, 0.2) is 54.6 Å². The Balaban J connectivity index is 0.00000306. The number of para-hydroxylation sites is 1. The van der Waals surface area contributed by atoms with Gasteiger partial charge in [-0.1, -0.05) is 36.4 Å². The van der Waals surface area contributed by atoms with Crippen LogP contribution in [0.5, 0.6) is 5.75 Å². The SMILES string of the molecule is CC1(C)S[C@@H]2C(NC(=O)Cc3ccccc3C(=O)Oc3ccccc3)C(=O)N2C1C(=O)O.[NaH]. The molecule has 8 nitrogen and oxygen atoms in total. The van der Waals surface area contributed by atoms with Crippen LogP contribution in [0.2, 0.25) is 0 Å². The summed E-state index contributed by atoms with van der Waals surface area (Å²) in [6.07, 6.45) is -0.118. The zero-order valence-electron chi connectivity index (χ0n) is 17.5. The fourth-order valence-corrected chi connectivity index (χ4v) is 5.69. The van der Waals surface area contributed by atoms with Crippen molar-refractivity contribution in [3.05, 3.63) is 65.7 Å². The fourth-order valence-electron chi connectivity index (χ4n) is 4.07. The second-order valence-electron chi connectivity index (χ2n) is 8.18. The predicted octanol–water partition coefficient (Wildman–Crippen LogP) is 1.43. The Labute approximate surface area is 217 Å². The van der Waals surface area contributed by atoms with E-state index in [4.69, 9.17) is 4.74 Å². The molecule has 2 aliphatic rings. The molecule has 2 amide bonds. The summed E-state index contributed by atoms with van der Waals surface area (Å²) in [4.78, 5) is 50.8.